The molecule has 0 aromatic heterocycles. The molecule has 0 aromatic carbocycles. The number of carbonyl (C=O) groups is 1. The van der Waals surface area contributed by atoms with Gasteiger partial charge in [0.05, 0.1) is 12.7 Å². The van der Waals surface area contributed by atoms with Crippen LogP contribution in [0.15, 0.2) is 0 Å². The number of ether oxygens (including phenoxy) is 1. The molecule has 16 heavy (non-hydrogen) atoms. The maximum atomic E-state index is 11.3. The first kappa shape index (κ1) is 15.3. The van der Waals surface area contributed by atoms with Gasteiger partial charge < -0.3 is 9.84 Å². The minimum atomic E-state index is -3.33. The van der Waals surface area contributed by atoms with E-state index in [4.69, 9.17) is 9.84 Å². The van der Waals surface area contributed by atoms with Crippen LogP contribution >= 0.6 is 0 Å². The van der Waals surface area contributed by atoms with Crippen molar-refractivity contribution in [1.29, 1.82) is 0 Å². The molecule has 1 N–H and O–H groups in total. The number of hydrogen-bond acceptors (Lipinski definition) is 4. The van der Waals surface area contributed by atoms with Gasteiger partial charge in [-0.3, -0.25) is 4.79 Å². The molecule has 0 fully saturated rings. The molecule has 0 aliphatic rings. The molecule has 0 atom stereocenters. The van der Waals surface area contributed by atoms with Crippen LogP contribution in [0.5, 0.6) is 0 Å². The highest BCUT2D eigenvalue weighted by molar-refractivity contribution is 7.88. The molecule has 0 radical (unpaired) electrons. The van der Waals surface area contributed by atoms with E-state index in [-0.39, 0.29) is 13.0 Å². The summed E-state index contributed by atoms with van der Waals surface area (Å²) in [6.45, 7) is 3.24. The summed E-state index contributed by atoms with van der Waals surface area (Å²) in [7, 11) is -3.33. The minimum absolute atomic E-state index is 0.0142. The molecule has 0 bridgehead atoms. The van der Waals surface area contributed by atoms with Gasteiger partial charge in [0.1, 0.15) is 0 Å². The molecule has 0 unspecified atom stereocenters. The Morgan fingerprint density at radius 3 is 2.44 bits per heavy atom. The largest absolute Gasteiger partial charge is 0.481 e. The second-order valence-corrected chi connectivity index (χ2v) is 5.34. The molecule has 6 nitrogen and oxygen atoms in total. The van der Waals surface area contributed by atoms with E-state index in [1.165, 1.54) is 4.31 Å². The number of sulfonamides is 1. The second kappa shape index (κ2) is 7.59. The molecular weight excluding hydrogens is 234 g/mol. The maximum absolute atomic E-state index is 11.3. The number of hydrogen-bond donors (Lipinski definition) is 1. The fourth-order valence-electron chi connectivity index (χ4n) is 1.15. The average Bonchev–Trinajstić information content (AvgIpc) is 2.14. The van der Waals surface area contributed by atoms with Crippen LogP contribution < -0.4 is 0 Å². The lowest BCUT2D eigenvalue weighted by molar-refractivity contribution is -0.137. The predicted molar refractivity (Wildman–Crippen MR) is 59.8 cm³/mol. The van der Waals surface area contributed by atoms with E-state index in [1.54, 1.807) is 0 Å². The number of aliphatic carboxylic acids is 1. The Kier molecular flexibility index (Phi) is 7.27. The van der Waals surface area contributed by atoms with Crippen LogP contribution in [0.2, 0.25) is 0 Å². The van der Waals surface area contributed by atoms with Crippen molar-refractivity contribution >= 4 is 16.0 Å². The third-order valence-electron chi connectivity index (χ3n) is 1.94. The number of carboxylic acids is 1. The average molecular weight is 253 g/mol. The van der Waals surface area contributed by atoms with Gasteiger partial charge in [0, 0.05) is 26.3 Å². The Morgan fingerprint density at radius 1 is 1.38 bits per heavy atom. The van der Waals surface area contributed by atoms with E-state index in [9.17, 15) is 13.2 Å². The van der Waals surface area contributed by atoms with Gasteiger partial charge in [-0.25, -0.2) is 12.7 Å². The van der Waals surface area contributed by atoms with Gasteiger partial charge in [0.25, 0.3) is 0 Å². The van der Waals surface area contributed by atoms with Gasteiger partial charge in [-0.05, 0) is 13.3 Å². The molecule has 0 aromatic rings. The zero-order chi connectivity index (χ0) is 12.6. The van der Waals surface area contributed by atoms with Crippen LogP contribution in [0.25, 0.3) is 0 Å². The first-order valence-corrected chi connectivity index (χ1v) is 6.97. The number of nitrogens with zero attached hydrogens (tertiary/aromatic N) is 1. The summed E-state index contributed by atoms with van der Waals surface area (Å²) in [6, 6.07) is 0. The van der Waals surface area contributed by atoms with Crippen molar-refractivity contribution in [3.05, 3.63) is 0 Å². The highest BCUT2D eigenvalue weighted by atomic mass is 32.2. The minimum Gasteiger partial charge on any atom is -0.481 e. The fraction of sp³-hybridized carbons (Fsp3) is 0.889. The first-order valence-electron chi connectivity index (χ1n) is 5.12. The van der Waals surface area contributed by atoms with Crippen LogP contribution in [-0.2, 0) is 19.6 Å². The van der Waals surface area contributed by atoms with Gasteiger partial charge in [-0.15, -0.1) is 0 Å². The van der Waals surface area contributed by atoms with E-state index in [2.05, 4.69) is 0 Å². The monoisotopic (exact) mass is 253 g/mol. The van der Waals surface area contributed by atoms with Gasteiger partial charge in [-0.2, -0.15) is 0 Å². The Morgan fingerprint density at radius 2 is 2.00 bits per heavy atom. The van der Waals surface area contributed by atoms with Crippen LogP contribution in [0.3, 0.4) is 0 Å². The van der Waals surface area contributed by atoms with Crippen LogP contribution in [0.4, 0.5) is 0 Å². The number of rotatable bonds is 9. The molecular formula is C9H19NO5S. The SMILES string of the molecule is CCOCCCN(CCC(=O)O)S(C)(=O)=O. The maximum Gasteiger partial charge on any atom is 0.304 e. The van der Waals surface area contributed by atoms with Crippen molar-refractivity contribution in [1.82, 2.24) is 4.31 Å². The fourth-order valence-corrected chi connectivity index (χ4v) is 2.03. The lowest BCUT2D eigenvalue weighted by Crippen LogP contribution is -2.33. The van der Waals surface area contributed by atoms with E-state index in [0.717, 1.165) is 6.26 Å². The van der Waals surface area contributed by atoms with Gasteiger partial charge in [0.2, 0.25) is 10.0 Å². The summed E-state index contributed by atoms with van der Waals surface area (Å²) in [5.74, 6) is -1.00. The lowest BCUT2D eigenvalue weighted by Gasteiger charge is -2.18. The third kappa shape index (κ3) is 7.61. The topological polar surface area (TPSA) is 83.9 Å². The Hall–Kier alpha value is -0.660. The van der Waals surface area contributed by atoms with Gasteiger partial charge in [-0.1, -0.05) is 0 Å². The standard InChI is InChI=1S/C9H19NO5S/c1-3-15-8-4-6-10(16(2,13)14)7-5-9(11)12/h3-8H2,1-2H3,(H,11,12). The van der Waals surface area contributed by atoms with Gasteiger partial charge in [0.15, 0.2) is 0 Å². The molecule has 0 aliphatic carbocycles. The van der Waals surface area contributed by atoms with Crippen molar-refractivity contribution < 1.29 is 23.1 Å². The summed E-state index contributed by atoms with van der Waals surface area (Å²) in [5.41, 5.74) is 0. The third-order valence-corrected chi connectivity index (χ3v) is 3.25. The highest BCUT2D eigenvalue weighted by Gasteiger charge is 2.16. The van der Waals surface area contributed by atoms with E-state index >= 15 is 0 Å². The first-order chi connectivity index (χ1) is 7.38. The summed E-state index contributed by atoms with van der Waals surface area (Å²) >= 11 is 0. The smallest absolute Gasteiger partial charge is 0.304 e. The molecule has 0 amide bonds. The zero-order valence-corrected chi connectivity index (χ0v) is 10.5. The summed E-state index contributed by atoms with van der Waals surface area (Å²) in [5, 5.41) is 8.49. The quantitative estimate of drug-likeness (QED) is 0.591. The second-order valence-electron chi connectivity index (χ2n) is 3.36. The van der Waals surface area contributed by atoms with E-state index in [0.29, 0.717) is 26.2 Å². The highest BCUT2D eigenvalue weighted by Crippen LogP contribution is 2.01. The zero-order valence-electron chi connectivity index (χ0n) is 9.68. The molecule has 0 saturated carbocycles. The molecule has 7 heteroatoms. The summed E-state index contributed by atoms with van der Waals surface area (Å²) in [6.07, 6.45) is 1.47. The Bertz CT molecular complexity index is 301. The summed E-state index contributed by atoms with van der Waals surface area (Å²) < 4.78 is 28.9. The predicted octanol–water partition coefficient (Wildman–Crippen LogP) is 0.149. The Labute approximate surface area is 96.2 Å². The Balaban J connectivity index is 4.07. The van der Waals surface area contributed by atoms with Crippen molar-refractivity contribution in [2.24, 2.45) is 0 Å². The van der Waals surface area contributed by atoms with Crippen molar-refractivity contribution in [3.8, 4) is 0 Å². The molecule has 0 aliphatic heterocycles. The van der Waals surface area contributed by atoms with Gasteiger partial charge >= 0.3 is 5.97 Å². The lowest BCUT2D eigenvalue weighted by atomic mass is 10.4. The molecule has 0 spiro atoms. The van der Waals surface area contributed by atoms with Crippen LogP contribution in [0.1, 0.15) is 19.8 Å². The molecule has 96 valence electrons. The van der Waals surface area contributed by atoms with E-state index in [1.807, 2.05) is 6.92 Å². The van der Waals surface area contributed by atoms with Crippen molar-refractivity contribution in [3.63, 3.8) is 0 Å². The van der Waals surface area contributed by atoms with E-state index < -0.39 is 16.0 Å². The molecule has 0 saturated heterocycles. The van der Waals surface area contributed by atoms with Crippen LogP contribution in [0, 0.1) is 0 Å². The van der Waals surface area contributed by atoms with Crippen molar-refractivity contribution in [2.75, 3.05) is 32.6 Å². The molecule has 0 rings (SSSR count). The summed E-state index contributed by atoms with van der Waals surface area (Å²) in [4.78, 5) is 10.4. The normalized spacial score (nSPS) is 11.9. The molecule has 0 heterocycles. The number of carboxylic acid groups (broad SMARTS) is 1. The van der Waals surface area contributed by atoms with Crippen LogP contribution in [-0.4, -0.2) is 56.4 Å². The van der Waals surface area contributed by atoms with Crippen molar-refractivity contribution in [2.45, 2.75) is 19.8 Å².